The van der Waals surface area contributed by atoms with Crippen LogP contribution in [-0.2, 0) is 0 Å². The summed E-state index contributed by atoms with van der Waals surface area (Å²) < 4.78 is 6.44. The lowest BCUT2D eigenvalue weighted by Gasteiger charge is -2.08. The van der Waals surface area contributed by atoms with E-state index in [-0.39, 0.29) is 5.78 Å². The van der Waals surface area contributed by atoms with Gasteiger partial charge in [-0.15, -0.1) is 11.3 Å². The van der Waals surface area contributed by atoms with Crippen molar-refractivity contribution in [3.8, 4) is 5.75 Å². The van der Waals surface area contributed by atoms with Gasteiger partial charge in [0, 0.05) is 21.0 Å². The smallest absolute Gasteiger partial charge is 0.198 e. The van der Waals surface area contributed by atoms with Crippen molar-refractivity contribution >= 4 is 27.2 Å². The van der Waals surface area contributed by atoms with Gasteiger partial charge in [0.2, 0.25) is 0 Å². The molecule has 3 rings (SSSR count). The van der Waals surface area contributed by atoms with E-state index < -0.39 is 0 Å². The first-order chi connectivity index (χ1) is 9.70. The lowest BCUT2D eigenvalue weighted by molar-refractivity contribution is 0.103. The number of ether oxygens (including phenoxy) is 1. The Kier molecular flexibility index (Phi) is 3.28. The molecule has 0 saturated carbocycles. The predicted octanol–water partition coefficient (Wildman–Crippen LogP) is 4.45. The summed E-state index contributed by atoms with van der Waals surface area (Å²) in [6.07, 6.45) is 0. The van der Waals surface area contributed by atoms with E-state index in [2.05, 4.69) is 0 Å². The molecule has 3 heteroatoms. The normalized spacial score (nSPS) is 10.7. The molecule has 20 heavy (non-hydrogen) atoms. The first-order valence-corrected chi connectivity index (χ1v) is 7.24. The maximum Gasteiger partial charge on any atom is 0.198 e. The minimum atomic E-state index is 0.0167. The molecule has 1 heterocycles. The number of methoxy groups -OCH3 is 1. The summed E-state index contributed by atoms with van der Waals surface area (Å²) in [6, 6.07) is 13.6. The summed E-state index contributed by atoms with van der Waals surface area (Å²) in [5, 5.41) is 2.93. The standard InChI is InChI=1S/C17H14O2S/c1-11-7-8-15(19-2)13(9-11)17(18)14-10-20-16-6-4-3-5-12(14)16/h3-10H,1-2H3. The second-order valence-electron chi connectivity index (χ2n) is 4.68. The monoisotopic (exact) mass is 282 g/mol. The topological polar surface area (TPSA) is 26.3 Å². The Labute approximate surface area is 121 Å². The van der Waals surface area contributed by atoms with Gasteiger partial charge in [-0.2, -0.15) is 0 Å². The summed E-state index contributed by atoms with van der Waals surface area (Å²) in [4.78, 5) is 12.8. The maximum atomic E-state index is 12.8. The highest BCUT2D eigenvalue weighted by Gasteiger charge is 2.18. The van der Waals surface area contributed by atoms with Gasteiger partial charge in [0.25, 0.3) is 0 Å². The van der Waals surface area contributed by atoms with E-state index in [0.29, 0.717) is 11.3 Å². The van der Waals surface area contributed by atoms with Crippen molar-refractivity contribution in [2.45, 2.75) is 6.92 Å². The van der Waals surface area contributed by atoms with Crippen LogP contribution >= 0.6 is 11.3 Å². The molecule has 2 nitrogen and oxygen atoms in total. The average Bonchev–Trinajstić information content (AvgIpc) is 2.90. The Bertz CT molecular complexity index is 787. The predicted molar refractivity (Wildman–Crippen MR) is 83.0 cm³/mol. The fourth-order valence-corrected chi connectivity index (χ4v) is 3.24. The number of hydrogen-bond donors (Lipinski definition) is 0. The van der Waals surface area contributed by atoms with E-state index in [4.69, 9.17) is 4.74 Å². The number of ketones is 1. The second-order valence-corrected chi connectivity index (χ2v) is 5.59. The molecule has 1 aromatic heterocycles. The van der Waals surface area contributed by atoms with E-state index in [1.165, 1.54) is 0 Å². The number of aryl methyl sites for hydroxylation is 1. The molecular formula is C17H14O2S. The summed E-state index contributed by atoms with van der Waals surface area (Å²) in [7, 11) is 1.59. The number of rotatable bonds is 3. The van der Waals surface area contributed by atoms with Gasteiger partial charge in [0.1, 0.15) is 5.75 Å². The second kappa shape index (κ2) is 5.10. The Hall–Kier alpha value is -2.13. The quantitative estimate of drug-likeness (QED) is 0.663. The van der Waals surface area contributed by atoms with Gasteiger partial charge in [-0.1, -0.05) is 29.8 Å². The molecule has 2 aromatic carbocycles. The van der Waals surface area contributed by atoms with Crippen molar-refractivity contribution in [1.29, 1.82) is 0 Å². The van der Waals surface area contributed by atoms with Crippen LogP contribution in [0.1, 0.15) is 21.5 Å². The average molecular weight is 282 g/mol. The molecule has 0 N–H and O–H groups in total. The third-order valence-corrected chi connectivity index (χ3v) is 4.29. The molecule has 0 unspecified atom stereocenters. The minimum Gasteiger partial charge on any atom is -0.496 e. The first-order valence-electron chi connectivity index (χ1n) is 6.36. The third-order valence-electron chi connectivity index (χ3n) is 3.33. The van der Waals surface area contributed by atoms with Crippen LogP contribution in [0.2, 0.25) is 0 Å². The number of carbonyl (C=O) groups is 1. The molecule has 0 fully saturated rings. The van der Waals surface area contributed by atoms with Gasteiger partial charge in [-0.05, 0) is 25.1 Å². The van der Waals surface area contributed by atoms with E-state index in [9.17, 15) is 4.79 Å². The maximum absolute atomic E-state index is 12.8. The van der Waals surface area contributed by atoms with Crippen molar-refractivity contribution in [1.82, 2.24) is 0 Å². The Balaban J connectivity index is 2.15. The number of carbonyl (C=O) groups excluding carboxylic acids is 1. The van der Waals surface area contributed by atoms with Gasteiger partial charge in [-0.25, -0.2) is 0 Å². The van der Waals surface area contributed by atoms with Gasteiger partial charge >= 0.3 is 0 Å². The molecule has 100 valence electrons. The first kappa shape index (κ1) is 12.9. The highest BCUT2D eigenvalue weighted by Crippen LogP contribution is 2.30. The van der Waals surface area contributed by atoms with Crippen LogP contribution < -0.4 is 4.74 Å². The zero-order valence-electron chi connectivity index (χ0n) is 11.3. The largest absolute Gasteiger partial charge is 0.496 e. The van der Waals surface area contributed by atoms with Crippen LogP contribution in [0.5, 0.6) is 5.75 Å². The highest BCUT2D eigenvalue weighted by atomic mass is 32.1. The van der Waals surface area contributed by atoms with Crippen molar-refractivity contribution in [3.05, 3.63) is 64.5 Å². The van der Waals surface area contributed by atoms with Gasteiger partial charge in [-0.3, -0.25) is 4.79 Å². The molecule has 0 radical (unpaired) electrons. The molecule has 3 aromatic rings. The van der Waals surface area contributed by atoms with Crippen LogP contribution in [0.25, 0.3) is 10.1 Å². The van der Waals surface area contributed by atoms with Crippen molar-refractivity contribution in [2.75, 3.05) is 7.11 Å². The zero-order valence-corrected chi connectivity index (χ0v) is 12.2. The van der Waals surface area contributed by atoms with Gasteiger partial charge in [0.15, 0.2) is 5.78 Å². The fourth-order valence-electron chi connectivity index (χ4n) is 2.30. The molecule has 0 bridgehead atoms. The van der Waals surface area contributed by atoms with Crippen molar-refractivity contribution in [2.24, 2.45) is 0 Å². The molecule has 0 aliphatic rings. The summed E-state index contributed by atoms with van der Waals surface area (Å²) in [5.74, 6) is 0.638. The molecule has 0 atom stereocenters. The minimum absolute atomic E-state index is 0.0167. The van der Waals surface area contributed by atoms with E-state index >= 15 is 0 Å². The number of thiophene rings is 1. The van der Waals surface area contributed by atoms with E-state index in [1.54, 1.807) is 18.4 Å². The Morgan fingerprint density at radius 2 is 1.90 bits per heavy atom. The lowest BCUT2D eigenvalue weighted by atomic mass is 10.00. The fraction of sp³-hybridized carbons (Fsp3) is 0.118. The molecule has 0 spiro atoms. The van der Waals surface area contributed by atoms with Crippen LogP contribution in [0.3, 0.4) is 0 Å². The molecular weight excluding hydrogens is 268 g/mol. The van der Waals surface area contributed by atoms with Crippen molar-refractivity contribution < 1.29 is 9.53 Å². The SMILES string of the molecule is COc1ccc(C)cc1C(=O)c1csc2ccccc12. The van der Waals surface area contributed by atoms with E-state index in [1.807, 2.05) is 54.8 Å². The lowest BCUT2D eigenvalue weighted by Crippen LogP contribution is -2.03. The molecule has 0 saturated heterocycles. The van der Waals surface area contributed by atoms with Crippen LogP contribution in [-0.4, -0.2) is 12.9 Å². The zero-order chi connectivity index (χ0) is 14.1. The molecule has 0 amide bonds. The summed E-state index contributed by atoms with van der Waals surface area (Å²) in [5.41, 5.74) is 2.42. The third kappa shape index (κ3) is 2.10. The van der Waals surface area contributed by atoms with Crippen LogP contribution in [0.15, 0.2) is 47.8 Å². The highest BCUT2D eigenvalue weighted by molar-refractivity contribution is 7.17. The summed E-state index contributed by atoms with van der Waals surface area (Å²) >= 11 is 1.59. The van der Waals surface area contributed by atoms with Gasteiger partial charge in [0.05, 0.1) is 12.7 Å². The number of benzene rings is 2. The number of fused-ring (bicyclic) bond motifs is 1. The Morgan fingerprint density at radius 3 is 2.70 bits per heavy atom. The molecule has 0 aliphatic heterocycles. The molecule has 0 aliphatic carbocycles. The van der Waals surface area contributed by atoms with Crippen molar-refractivity contribution in [3.63, 3.8) is 0 Å². The number of hydrogen-bond acceptors (Lipinski definition) is 3. The summed E-state index contributed by atoms with van der Waals surface area (Å²) in [6.45, 7) is 1.97. The Morgan fingerprint density at radius 1 is 1.10 bits per heavy atom. The van der Waals surface area contributed by atoms with Crippen LogP contribution in [0, 0.1) is 6.92 Å². The van der Waals surface area contributed by atoms with Crippen LogP contribution in [0.4, 0.5) is 0 Å². The van der Waals surface area contributed by atoms with E-state index in [0.717, 1.165) is 21.2 Å². The van der Waals surface area contributed by atoms with Gasteiger partial charge < -0.3 is 4.74 Å².